The molecule has 0 fully saturated rings. The minimum atomic E-state index is 0.556. The Kier molecular flexibility index (Phi) is 5.86. The Hall–Kier alpha value is -7.05. The van der Waals surface area contributed by atoms with Crippen molar-refractivity contribution < 1.29 is 4.42 Å². The number of fused-ring (bicyclic) bond motifs is 10. The average Bonchev–Trinajstić information content (AvgIpc) is 3.85. The van der Waals surface area contributed by atoms with Gasteiger partial charge in [0.1, 0.15) is 11.2 Å². The maximum absolute atomic E-state index is 6.28. The summed E-state index contributed by atoms with van der Waals surface area (Å²) in [5.74, 6) is 1.74. The van der Waals surface area contributed by atoms with Crippen molar-refractivity contribution in [2.75, 3.05) is 0 Å². The Morgan fingerprint density at radius 1 is 0.373 bits per heavy atom. The molecule has 238 valence electrons. The lowest BCUT2D eigenvalue weighted by Crippen LogP contribution is -2.06. The van der Waals surface area contributed by atoms with Gasteiger partial charge in [-0.1, -0.05) is 109 Å². The monoisotopic (exact) mass is 653 g/mol. The van der Waals surface area contributed by atoms with E-state index < -0.39 is 0 Å². The van der Waals surface area contributed by atoms with Crippen LogP contribution in [0.15, 0.2) is 168 Å². The van der Waals surface area contributed by atoms with Gasteiger partial charge in [0.25, 0.3) is 0 Å². The van der Waals surface area contributed by atoms with Crippen LogP contribution in [-0.2, 0) is 0 Å². The molecule has 0 atom stereocenters. The first-order valence-electron chi connectivity index (χ1n) is 17.0. The van der Waals surface area contributed by atoms with Crippen LogP contribution < -0.4 is 0 Å². The van der Waals surface area contributed by atoms with E-state index in [2.05, 4.69) is 118 Å². The minimum absolute atomic E-state index is 0.556. The van der Waals surface area contributed by atoms with Crippen LogP contribution >= 0.6 is 0 Å². The Morgan fingerprint density at radius 2 is 0.922 bits per heavy atom. The highest BCUT2D eigenvalue weighted by Gasteiger charge is 2.22. The van der Waals surface area contributed by atoms with Crippen LogP contribution in [0, 0.1) is 0 Å². The molecule has 11 aromatic rings. The van der Waals surface area contributed by atoms with Gasteiger partial charge < -0.3 is 8.98 Å². The number of para-hydroxylation sites is 4. The van der Waals surface area contributed by atoms with Crippen LogP contribution in [0.1, 0.15) is 0 Å². The lowest BCUT2D eigenvalue weighted by molar-refractivity contribution is 0.669. The molecule has 4 heterocycles. The first-order valence-corrected chi connectivity index (χ1v) is 17.0. The normalized spacial score (nSPS) is 11.9. The van der Waals surface area contributed by atoms with Crippen LogP contribution in [-0.4, -0.2) is 24.1 Å². The largest absolute Gasteiger partial charge is 0.456 e. The summed E-state index contributed by atoms with van der Waals surface area (Å²) in [5, 5.41) is 6.86. The number of rotatable bonds is 4. The number of nitrogens with zero attached hydrogens (tertiary/aromatic N) is 5. The van der Waals surface area contributed by atoms with Gasteiger partial charge in [0.05, 0.1) is 22.1 Å². The second-order valence-corrected chi connectivity index (χ2v) is 12.9. The topological polar surface area (TPSA) is 61.7 Å². The summed E-state index contributed by atoms with van der Waals surface area (Å²) in [4.78, 5) is 15.4. The second-order valence-electron chi connectivity index (χ2n) is 12.9. The standard InChI is InChI=1S/C45H27N5O/c1-3-13-28(14-4-1)43-46-44(29-23-24-32-31-17-9-12-22-39(31)51-40(32)27-29)48-45(47-43)50-36-21-11-8-19-34(36)42-38(50)26-25-37-41(42)33-18-7-10-20-35(33)49(37)30-15-5-2-6-16-30/h1-27H. The zero-order valence-electron chi connectivity index (χ0n) is 27.2. The highest BCUT2D eigenvalue weighted by Crippen LogP contribution is 2.42. The van der Waals surface area contributed by atoms with Crippen LogP contribution in [0.4, 0.5) is 0 Å². The molecule has 11 rings (SSSR count). The third-order valence-electron chi connectivity index (χ3n) is 9.98. The van der Waals surface area contributed by atoms with Gasteiger partial charge in [0, 0.05) is 49.1 Å². The average molecular weight is 654 g/mol. The number of furan rings is 1. The highest BCUT2D eigenvalue weighted by molar-refractivity contribution is 6.28. The SMILES string of the molecule is c1ccc(-c2nc(-c3ccc4c(c3)oc3ccccc34)nc(-n3c4ccccc4c4c5c6ccccc6n(-c6ccccc6)c5ccc43)n2)cc1. The summed E-state index contributed by atoms with van der Waals surface area (Å²) in [5.41, 5.74) is 8.93. The molecule has 4 aromatic heterocycles. The van der Waals surface area contributed by atoms with Gasteiger partial charge in [-0.15, -0.1) is 0 Å². The molecular weight excluding hydrogens is 627 g/mol. The minimum Gasteiger partial charge on any atom is -0.456 e. The third-order valence-corrected chi connectivity index (χ3v) is 9.98. The van der Waals surface area contributed by atoms with Gasteiger partial charge in [-0.2, -0.15) is 9.97 Å². The predicted molar refractivity (Wildman–Crippen MR) is 207 cm³/mol. The maximum Gasteiger partial charge on any atom is 0.238 e. The van der Waals surface area contributed by atoms with E-state index in [1.165, 1.54) is 16.2 Å². The van der Waals surface area contributed by atoms with Crippen molar-refractivity contribution in [1.29, 1.82) is 0 Å². The van der Waals surface area contributed by atoms with Gasteiger partial charge in [0.2, 0.25) is 5.95 Å². The summed E-state index contributed by atoms with van der Waals surface area (Å²) in [6.07, 6.45) is 0. The van der Waals surface area contributed by atoms with Crippen LogP contribution in [0.3, 0.4) is 0 Å². The number of aromatic nitrogens is 5. The summed E-state index contributed by atoms with van der Waals surface area (Å²) in [6, 6.07) is 56.7. The first kappa shape index (κ1) is 27.9. The van der Waals surface area contributed by atoms with Crippen molar-refractivity contribution >= 4 is 65.6 Å². The molecule has 0 amide bonds. The molecule has 0 saturated heterocycles. The summed E-state index contributed by atoms with van der Waals surface area (Å²) >= 11 is 0. The summed E-state index contributed by atoms with van der Waals surface area (Å²) < 4.78 is 10.8. The second kappa shape index (κ2) is 10.7. The number of benzene rings is 7. The Morgan fingerprint density at radius 3 is 1.65 bits per heavy atom. The molecule has 0 radical (unpaired) electrons. The molecule has 0 bridgehead atoms. The van der Waals surface area contributed by atoms with E-state index in [0.29, 0.717) is 17.6 Å². The van der Waals surface area contributed by atoms with Crippen LogP contribution in [0.5, 0.6) is 0 Å². The van der Waals surface area contributed by atoms with E-state index >= 15 is 0 Å². The molecule has 7 aromatic carbocycles. The molecule has 6 heteroatoms. The zero-order chi connectivity index (χ0) is 33.5. The van der Waals surface area contributed by atoms with E-state index in [9.17, 15) is 0 Å². The molecule has 0 spiro atoms. The summed E-state index contributed by atoms with van der Waals surface area (Å²) in [6.45, 7) is 0. The maximum atomic E-state index is 6.28. The Bertz CT molecular complexity index is 3140. The Labute approximate surface area is 291 Å². The predicted octanol–water partition coefficient (Wildman–Crippen LogP) is 11.3. The highest BCUT2D eigenvalue weighted by atomic mass is 16.3. The fraction of sp³-hybridized carbons (Fsp3) is 0. The molecule has 0 N–H and O–H groups in total. The third kappa shape index (κ3) is 4.14. The van der Waals surface area contributed by atoms with Crippen molar-refractivity contribution in [3.05, 3.63) is 164 Å². The molecule has 0 aliphatic heterocycles. The molecule has 0 aliphatic rings. The lowest BCUT2D eigenvalue weighted by Gasteiger charge is -2.11. The fourth-order valence-corrected chi connectivity index (χ4v) is 7.76. The van der Waals surface area contributed by atoms with E-state index in [0.717, 1.165) is 66.2 Å². The smallest absolute Gasteiger partial charge is 0.238 e. The number of hydrogen-bond donors (Lipinski definition) is 0. The van der Waals surface area contributed by atoms with Gasteiger partial charge >= 0.3 is 0 Å². The number of hydrogen-bond acceptors (Lipinski definition) is 4. The molecule has 6 nitrogen and oxygen atoms in total. The van der Waals surface area contributed by atoms with E-state index in [1.54, 1.807) is 0 Å². The van der Waals surface area contributed by atoms with Crippen molar-refractivity contribution in [3.63, 3.8) is 0 Å². The van der Waals surface area contributed by atoms with E-state index in [4.69, 9.17) is 19.4 Å². The van der Waals surface area contributed by atoms with Crippen molar-refractivity contribution in [2.24, 2.45) is 0 Å². The lowest BCUT2D eigenvalue weighted by atomic mass is 10.1. The molecular formula is C45H27N5O. The van der Waals surface area contributed by atoms with Crippen molar-refractivity contribution in [2.45, 2.75) is 0 Å². The molecule has 0 saturated carbocycles. The van der Waals surface area contributed by atoms with Crippen LogP contribution in [0.2, 0.25) is 0 Å². The van der Waals surface area contributed by atoms with Gasteiger partial charge in [-0.05, 0) is 54.6 Å². The first-order chi connectivity index (χ1) is 25.3. The van der Waals surface area contributed by atoms with Gasteiger partial charge in [0.15, 0.2) is 11.6 Å². The zero-order valence-corrected chi connectivity index (χ0v) is 27.2. The van der Waals surface area contributed by atoms with E-state index in [-0.39, 0.29) is 0 Å². The van der Waals surface area contributed by atoms with Crippen molar-refractivity contribution in [1.82, 2.24) is 24.1 Å². The van der Waals surface area contributed by atoms with Crippen LogP contribution in [0.25, 0.3) is 100.0 Å². The Balaban J connectivity index is 1.22. The van der Waals surface area contributed by atoms with Crippen molar-refractivity contribution in [3.8, 4) is 34.4 Å². The van der Waals surface area contributed by atoms with Gasteiger partial charge in [-0.25, -0.2) is 4.98 Å². The molecule has 51 heavy (non-hydrogen) atoms. The molecule has 0 aliphatic carbocycles. The fourth-order valence-electron chi connectivity index (χ4n) is 7.76. The molecule has 0 unspecified atom stereocenters. The van der Waals surface area contributed by atoms with E-state index in [1.807, 2.05) is 54.6 Å². The summed E-state index contributed by atoms with van der Waals surface area (Å²) in [7, 11) is 0. The quantitative estimate of drug-likeness (QED) is 0.190. The van der Waals surface area contributed by atoms with Gasteiger partial charge in [-0.3, -0.25) is 4.57 Å².